The standard InChI is InChI=1S/C7H12N2O5/c8-3(2-6(11)12)5(10)1-4(9)7(13)14/h3-4H,1-2,8-9H2,(H,11,12)(H,13,14)/t3?,4-/m0/s1. The number of nitrogens with two attached hydrogens (primary N) is 2. The Kier molecular flexibility index (Phi) is 4.74. The number of hydrogen-bond acceptors (Lipinski definition) is 5. The molecule has 0 rings (SSSR count). The Hall–Kier alpha value is -1.47. The van der Waals surface area contributed by atoms with Crippen LogP contribution in [0.3, 0.4) is 0 Å². The minimum Gasteiger partial charge on any atom is -0.481 e. The molecule has 0 aromatic carbocycles. The second-order valence-electron chi connectivity index (χ2n) is 2.82. The van der Waals surface area contributed by atoms with Crippen LogP contribution in [0.5, 0.6) is 0 Å². The van der Waals surface area contributed by atoms with Crippen molar-refractivity contribution in [3.8, 4) is 0 Å². The van der Waals surface area contributed by atoms with Gasteiger partial charge in [-0.15, -0.1) is 0 Å². The van der Waals surface area contributed by atoms with Gasteiger partial charge in [0.15, 0.2) is 5.78 Å². The second kappa shape index (κ2) is 5.30. The van der Waals surface area contributed by atoms with Crippen molar-refractivity contribution in [3.63, 3.8) is 0 Å². The average molecular weight is 204 g/mol. The molecule has 7 nitrogen and oxygen atoms in total. The Labute approximate surface area is 79.7 Å². The molecule has 0 fully saturated rings. The van der Waals surface area contributed by atoms with Crippen LogP contribution < -0.4 is 11.5 Å². The first kappa shape index (κ1) is 12.5. The van der Waals surface area contributed by atoms with E-state index in [9.17, 15) is 14.4 Å². The molecule has 0 amide bonds. The number of aliphatic carboxylic acids is 2. The number of Topliss-reactive ketones (excluding diaryl/α,β-unsaturated/α-hetero) is 1. The smallest absolute Gasteiger partial charge is 0.320 e. The van der Waals surface area contributed by atoms with E-state index in [1.807, 2.05) is 0 Å². The first-order valence-corrected chi connectivity index (χ1v) is 3.83. The minimum atomic E-state index is -1.33. The highest BCUT2D eigenvalue weighted by molar-refractivity contribution is 5.91. The molecule has 0 spiro atoms. The summed E-state index contributed by atoms with van der Waals surface area (Å²) in [5.74, 6) is -3.20. The van der Waals surface area contributed by atoms with Gasteiger partial charge >= 0.3 is 11.9 Å². The fourth-order valence-corrected chi connectivity index (χ4v) is 0.757. The number of hydrogen-bond donors (Lipinski definition) is 4. The molecule has 0 saturated heterocycles. The highest BCUT2D eigenvalue weighted by Gasteiger charge is 2.22. The van der Waals surface area contributed by atoms with Gasteiger partial charge < -0.3 is 21.7 Å². The third-order valence-corrected chi connectivity index (χ3v) is 1.55. The van der Waals surface area contributed by atoms with Crippen LogP contribution in [0.4, 0.5) is 0 Å². The van der Waals surface area contributed by atoms with E-state index in [2.05, 4.69) is 0 Å². The van der Waals surface area contributed by atoms with E-state index in [0.29, 0.717) is 0 Å². The van der Waals surface area contributed by atoms with E-state index < -0.39 is 42.6 Å². The van der Waals surface area contributed by atoms with Crippen LogP contribution in [0.15, 0.2) is 0 Å². The molecule has 0 bridgehead atoms. The Morgan fingerprint density at radius 3 is 1.86 bits per heavy atom. The molecule has 0 saturated carbocycles. The monoisotopic (exact) mass is 204 g/mol. The lowest BCUT2D eigenvalue weighted by molar-refractivity contribution is -0.141. The molecule has 7 heteroatoms. The molecule has 0 aliphatic rings. The maximum Gasteiger partial charge on any atom is 0.320 e. The lowest BCUT2D eigenvalue weighted by Gasteiger charge is -2.09. The molecule has 14 heavy (non-hydrogen) atoms. The third kappa shape index (κ3) is 4.53. The van der Waals surface area contributed by atoms with Crippen LogP contribution >= 0.6 is 0 Å². The quantitative estimate of drug-likeness (QED) is 0.398. The van der Waals surface area contributed by atoms with Crippen LogP contribution in [-0.2, 0) is 14.4 Å². The number of carboxylic acid groups (broad SMARTS) is 2. The molecule has 0 aromatic rings. The van der Waals surface area contributed by atoms with Crippen LogP contribution in [0.25, 0.3) is 0 Å². The van der Waals surface area contributed by atoms with Crippen molar-refractivity contribution in [1.82, 2.24) is 0 Å². The number of ketones is 1. The molecular formula is C7H12N2O5. The average Bonchev–Trinajstić information content (AvgIpc) is 2.02. The lowest BCUT2D eigenvalue weighted by atomic mass is 10.0. The van der Waals surface area contributed by atoms with Crippen LogP contribution in [-0.4, -0.2) is 40.0 Å². The lowest BCUT2D eigenvalue weighted by Crippen LogP contribution is -2.40. The van der Waals surface area contributed by atoms with Gasteiger partial charge in [0.25, 0.3) is 0 Å². The van der Waals surface area contributed by atoms with Crippen molar-refractivity contribution >= 4 is 17.7 Å². The highest BCUT2D eigenvalue weighted by Crippen LogP contribution is 1.98. The van der Waals surface area contributed by atoms with E-state index in [1.165, 1.54) is 0 Å². The van der Waals surface area contributed by atoms with Gasteiger partial charge in [-0.1, -0.05) is 0 Å². The topological polar surface area (TPSA) is 144 Å². The molecule has 0 aliphatic carbocycles. The van der Waals surface area contributed by atoms with Gasteiger partial charge in [0.2, 0.25) is 0 Å². The predicted octanol–water partition coefficient (Wildman–Crippen LogP) is -1.84. The van der Waals surface area contributed by atoms with Crippen molar-refractivity contribution in [3.05, 3.63) is 0 Å². The number of rotatable bonds is 6. The summed E-state index contributed by atoms with van der Waals surface area (Å²) in [5.41, 5.74) is 10.3. The van der Waals surface area contributed by atoms with E-state index in [0.717, 1.165) is 0 Å². The van der Waals surface area contributed by atoms with Crippen molar-refractivity contribution in [2.24, 2.45) is 11.5 Å². The van der Waals surface area contributed by atoms with E-state index in [4.69, 9.17) is 21.7 Å². The van der Waals surface area contributed by atoms with Gasteiger partial charge in [-0.05, 0) is 0 Å². The van der Waals surface area contributed by atoms with Crippen molar-refractivity contribution in [1.29, 1.82) is 0 Å². The molecular weight excluding hydrogens is 192 g/mol. The molecule has 2 atom stereocenters. The Bertz CT molecular complexity index is 252. The van der Waals surface area contributed by atoms with Crippen molar-refractivity contribution in [2.45, 2.75) is 24.9 Å². The summed E-state index contributed by atoms with van der Waals surface area (Å²) < 4.78 is 0. The summed E-state index contributed by atoms with van der Waals surface area (Å²) in [6.45, 7) is 0. The van der Waals surface area contributed by atoms with Crippen LogP contribution in [0, 0.1) is 0 Å². The molecule has 0 aliphatic heterocycles. The fraction of sp³-hybridized carbons (Fsp3) is 0.571. The first-order valence-electron chi connectivity index (χ1n) is 3.83. The zero-order valence-electron chi connectivity index (χ0n) is 7.34. The van der Waals surface area contributed by atoms with E-state index in [-0.39, 0.29) is 0 Å². The SMILES string of the molecule is NC(CC(=O)O)C(=O)C[C@H](N)C(=O)O. The summed E-state index contributed by atoms with van der Waals surface area (Å²) in [4.78, 5) is 31.5. The van der Waals surface area contributed by atoms with Gasteiger partial charge in [-0.25, -0.2) is 0 Å². The maximum atomic E-state index is 11.1. The molecule has 0 aromatic heterocycles. The Balaban J connectivity index is 4.07. The van der Waals surface area contributed by atoms with Crippen LogP contribution in [0.2, 0.25) is 0 Å². The summed E-state index contributed by atoms with van der Waals surface area (Å²) in [6, 6.07) is -2.53. The molecule has 6 N–H and O–H groups in total. The normalized spacial score (nSPS) is 14.4. The molecule has 1 unspecified atom stereocenters. The first-order chi connectivity index (χ1) is 6.34. The third-order valence-electron chi connectivity index (χ3n) is 1.55. The summed E-state index contributed by atoms with van der Waals surface area (Å²) >= 11 is 0. The van der Waals surface area contributed by atoms with E-state index in [1.54, 1.807) is 0 Å². The fourth-order valence-electron chi connectivity index (χ4n) is 0.757. The summed E-state index contributed by atoms with van der Waals surface area (Å²) in [5, 5.41) is 16.7. The minimum absolute atomic E-state index is 0.455. The Morgan fingerprint density at radius 1 is 1.00 bits per heavy atom. The molecule has 0 heterocycles. The van der Waals surface area contributed by atoms with Gasteiger partial charge in [0, 0.05) is 6.42 Å². The van der Waals surface area contributed by atoms with Gasteiger partial charge in [0.1, 0.15) is 6.04 Å². The van der Waals surface area contributed by atoms with Gasteiger partial charge in [0.05, 0.1) is 12.5 Å². The maximum absolute atomic E-state index is 11.1. The zero-order chi connectivity index (χ0) is 11.3. The second-order valence-corrected chi connectivity index (χ2v) is 2.82. The predicted molar refractivity (Wildman–Crippen MR) is 45.5 cm³/mol. The van der Waals surface area contributed by atoms with Gasteiger partial charge in [-0.2, -0.15) is 0 Å². The van der Waals surface area contributed by atoms with E-state index >= 15 is 0 Å². The van der Waals surface area contributed by atoms with Crippen LogP contribution in [0.1, 0.15) is 12.8 Å². The number of carbonyl (C=O) groups excluding carboxylic acids is 1. The molecule has 0 radical (unpaired) electrons. The number of carboxylic acids is 2. The number of carbonyl (C=O) groups is 3. The molecule has 80 valence electrons. The summed E-state index contributed by atoms with van der Waals surface area (Å²) in [7, 11) is 0. The van der Waals surface area contributed by atoms with Crippen molar-refractivity contribution in [2.75, 3.05) is 0 Å². The van der Waals surface area contributed by atoms with Crippen molar-refractivity contribution < 1.29 is 24.6 Å². The zero-order valence-corrected chi connectivity index (χ0v) is 7.34. The highest BCUT2D eigenvalue weighted by atomic mass is 16.4. The summed E-state index contributed by atoms with van der Waals surface area (Å²) in [6.07, 6.45) is -0.977. The van der Waals surface area contributed by atoms with Gasteiger partial charge in [-0.3, -0.25) is 14.4 Å². The Morgan fingerprint density at radius 2 is 1.50 bits per heavy atom. The largest absolute Gasteiger partial charge is 0.481 e.